The fourth-order valence-electron chi connectivity index (χ4n) is 1.58. The van der Waals surface area contributed by atoms with Crippen LogP contribution < -0.4 is 5.73 Å². The Kier molecular flexibility index (Phi) is 2.71. The first-order chi connectivity index (χ1) is 9.15. The summed E-state index contributed by atoms with van der Waals surface area (Å²) >= 11 is 1.17. The quantitative estimate of drug-likeness (QED) is 0.772. The molecule has 0 aliphatic heterocycles. The summed E-state index contributed by atoms with van der Waals surface area (Å²) in [5, 5.41) is 4.32. The predicted molar refractivity (Wildman–Crippen MR) is 67.7 cm³/mol. The Morgan fingerprint density at radius 1 is 1.37 bits per heavy atom. The molecular weight excluding hydrogens is 269 g/mol. The Morgan fingerprint density at radius 2 is 2.21 bits per heavy atom. The number of rotatable bonds is 2. The zero-order chi connectivity index (χ0) is 13.4. The van der Waals surface area contributed by atoms with E-state index in [2.05, 4.69) is 19.5 Å². The maximum atomic E-state index is 12.8. The number of halogens is 1. The number of aromatic nitrogens is 4. The van der Waals surface area contributed by atoms with E-state index in [-0.39, 0.29) is 11.7 Å². The third kappa shape index (κ3) is 2.06. The predicted octanol–water partition coefficient (Wildman–Crippen LogP) is 2.28. The Morgan fingerprint density at radius 3 is 2.84 bits per heavy atom. The van der Waals surface area contributed by atoms with E-state index in [4.69, 9.17) is 10.3 Å². The van der Waals surface area contributed by atoms with Crippen LogP contribution >= 0.6 is 11.5 Å². The van der Waals surface area contributed by atoms with Crippen LogP contribution in [0.1, 0.15) is 5.69 Å². The molecule has 0 fully saturated rings. The average Bonchev–Trinajstić information content (AvgIpc) is 2.98. The van der Waals surface area contributed by atoms with Gasteiger partial charge in [0.1, 0.15) is 16.5 Å². The molecule has 0 aromatic carbocycles. The van der Waals surface area contributed by atoms with Gasteiger partial charge in [-0.05, 0) is 30.6 Å². The standard InChI is InChI=1S/C11H8FN5OS/c1-5-8(9(13)19-17-5)11-15-10(16-18-11)7-3-2-6(12)4-14-7/h2-4H,13H2,1H3. The second kappa shape index (κ2) is 4.39. The second-order valence-electron chi connectivity index (χ2n) is 3.79. The molecule has 0 saturated carbocycles. The number of hydrogen-bond acceptors (Lipinski definition) is 7. The van der Waals surface area contributed by atoms with E-state index in [1.54, 1.807) is 0 Å². The topological polar surface area (TPSA) is 90.7 Å². The molecule has 2 N–H and O–H groups in total. The van der Waals surface area contributed by atoms with Crippen molar-refractivity contribution >= 4 is 16.5 Å². The Labute approximate surface area is 111 Å². The third-order valence-electron chi connectivity index (χ3n) is 2.49. The van der Waals surface area contributed by atoms with Crippen LogP contribution in [0.2, 0.25) is 0 Å². The van der Waals surface area contributed by atoms with Gasteiger partial charge in [0.2, 0.25) is 5.82 Å². The number of hydrogen-bond donors (Lipinski definition) is 1. The molecule has 3 heterocycles. The maximum absolute atomic E-state index is 12.8. The number of aryl methyl sites for hydroxylation is 1. The van der Waals surface area contributed by atoms with Gasteiger partial charge in [-0.3, -0.25) is 0 Å². The van der Waals surface area contributed by atoms with Gasteiger partial charge in [-0.2, -0.15) is 9.36 Å². The molecule has 0 saturated heterocycles. The van der Waals surface area contributed by atoms with Crippen LogP contribution in [-0.4, -0.2) is 19.5 Å². The summed E-state index contributed by atoms with van der Waals surface area (Å²) in [6, 6.07) is 2.76. The smallest absolute Gasteiger partial charge is 0.263 e. The van der Waals surface area contributed by atoms with E-state index < -0.39 is 5.82 Å². The van der Waals surface area contributed by atoms with Gasteiger partial charge in [0.15, 0.2) is 0 Å². The largest absolute Gasteiger partial charge is 0.389 e. The second-order valence-corrected chi connectivity index (χ2v) is 4.60. The van der Waals surface area contributed by atoms with Gasteiger partial charge in [-0.1, -0.05) is 5.16 Å². The molecule has 8 heteroatoms. The van der Waals surface area contributed by atoms with E-state index in [0.717, 1.165) is 11.9 Å². The monoisotopic (exact) mass is 277 g/mol. The Balaban J connectivity index is 2.02. The molecule has 0 aliphatic rings. The van der Waals surface area contributed by atoms with Crippen LogP contribution in [0.3, 0.4) is 0 Å². The van der Waals surface area contributed by atoms with Gasteiger partial charge in [0.05, 0.1) is 17.5 Å². The molecule has 0 radical (unpaired) electrons. The number of anilines is 1. The number of nitrogen functional groups attached to an aromatic ring is 1. The summed E-state index contributed by atoms with van der Waals surface area (Å²) in [7, 11) is 0. The van der Waals surface area contributed by atoms with Gasteiger partial charge in [-0.25, -0.2) is 9.37 Å². The minimum atomic E-state index is -0.422. The van der Waals surface area contributed by atoms with Crippen LogP contribution in [0.4, 0.5) is 9.39 Å². The minimum Gasteiger partial charge on any atom is -0.389 e. The molecule has 3 rings (SSSR count). The molecule has 0 atom stereocenters. The number of nitrogens with zero attached hydrogens (tertiary/aromatic N) is 4. The fourth-order valence-corrected chi connectivity index (χ4v) is 2.24. The van der Waals surface area contributed by atoms with E-state index in [1.807, 2.05) is 6.92 Å². The van der Waals surface area contributed by atoms with E-state index >= 15 is 0 Å². The summed E-state index contributed by atoms with van der Waals surface area (Å²) in [5.41, 5.74) is 7.59. The maximum Gasteiger partial charge on any atom is 0.263 e. The summed E-state index contributed by atoms with van der Waals surface area (Å²) in [6.45, 7) is 1.81. The summed E-state index contributed by atoms with van der Waals surface area (Å²) in [4.78, 5) is 8.08. The zero-order valence-electron chi connectivity index (χ0n) is 9.79. The van der Waals surface area contributed by atoms with Gasteiger partial charge < -0.3 is 10.3 Å². The SMILES string of the molecule is Cc1nsc(N)c1-c1nc(-c2ccc(F)cn2)no1. The highest BCUT2D eigenvalue weighted by atomic mass is 32.1. The van der Waals surface area contributed by atoms with Crippen LogP contribution in [0.25, 0.3) is 23.0 Å². The lowest BCUT2D eigenvalue weighted by Gasteiger charge is -1.92. The first-order valence-electron chi connectivity index (χ1n) is 5.33. The van der Waals surface area contributed by atoms with Crippen molar-refractivity contribution in [3.05, 3.63) is 29.8 Å². The van der Waals surface area contributed by atoms with Gasteiger partial charge in [-0.15, -0.1) is 0 Å². The van der Waals surface area contributed by atoms with Crippen molar-refractivity contribution in [2.24, 2.45) is 0 Å². The highest BCUT2D eigenvalue weighted by Gasteiger charge is 2.18. The molecular formula is C11H8FN5OS. The molecule has 3 aromatic rings. The van der Waals surface area contributed by atoms with E-state index in [0.29, 0.717) is 16.3 Å². The summed E-state index contributed by atoms with van der Waals surface area (Å²) in [6.07, 6.45) is 1.09. The number of nitrogens with two attached hydrogens (primary N) is 1. The highest BCUT2D eigenvalue weighted by molar-refractivity contribution is 7.10. The van der Waals surface area contributed by atoms with E-state index in [9.17, 15) is 4.39 Å². The van der Waals surface area contributed by atoms with Gasteiger partial charge in [0, 0.05) is 0 Å². The van der Waals surface area contributed by atoms with Crippen molar-refractivity contribution in [2.75, 3.05) is 5.73 Å². The molecule has 0 bridgehead atoms. The number of pyridine rings is 1. The molecule has 0 unspecified atom stereocenters. The normalized spacial score (nSPS) is 10.8. The lowest BCUT2D eigenvalue weighted by Crippen LogP contribution is -1.88. The lowest BCUT2D eigenvalue weighted by molar-refractivity contribution is 0.432. The molecule has 6 nitrogen and oxygen atoms in total. The molecule has 3 aromatic heterocycles. The van der Waals surface area contributed by atoms with Crippen LogP contribution in [0.5, 0.6) is 0 Å². The van der Waals surface area contributed by atoms with Crippen LogP contribution in [0.15, 0.2) is 22.9 Å². The van der Waals surface area contributed by atoms with Crippen molar-refractivity contribution in [1.82, 2.24) is 19.5 Å². The van der Waals surface area contributed by atoms with Crippen LogP contribution in [0, 0.1) is 12.7 Å². The lowest BCUT2D eigenvalue weighted by atomic mass is 10.2. The van der Waals surface area contributed by atoms with Gasteiger partial charge >= 0.3 is 0 Å². The van der Waals surface area contributed by atoms with Crippen LogP contribution in [-0.2, 0) is 0 Å². The van der Waals surface area contributed by atoms with Crippen molar-refractivity contribution in [2.45, 2.75) is 6.92 Å². The van der Waals surface area contributed by atoms with Crippen molar-refractivity contribution in [1.29, 1.82) is 0 Å². The van der Waals surface area contributed by atoms with E-state index in [1.165, 1.54) is 23.7 Å². The molecule has 0 amide bonds. The van der Waals surface area contributed by atoms with Crippen molar-refractivity contribution in [3.8, 4) is 23.0 Å². The zero-order valence-corrected chi connectivity index (χ0v) is 10.6. The highest BCUT2D eigenvalue weighted by Crippen LogP contribution is 2.31. The van der Waals surface area contributed by atoms with Crippen molar-refractivity contribution < 1.29 is 8.91 Å². The molecule has 96 valence electrons. The summed E-state index contributed by atoms with van der Waals surface area (Å²) < 4.78 is 22.0. The molecule has 19 heavy (non-hydrogen) atoms. The van der Waals surface area contributed by atoms with Crippen molar-refractivity contribution in [3.63, 3.8) is 0 Å². The minimum absolute atomic E-state index is 0.278. The van der Waals surface area contributed by atoms with Gasteiger partial charge in [0.25, 0.3) is 5.89 Å². The molecule has 0 aliphatic carbocycles. The fraction of sp³-hybridized carbons (Fsp3) is 0.0909. The Hall–Kier alpha value is -2.35. The third-order valence-corrected chi connectivity index (χ3v) is 3.25. The molecule has 0 spiro atoms. The average molecular weight is 277 g/mol. The first-order valence-corrected chi connectivity index (χ1v) is 6.10. The summed E-state index contributed by atoms with van der Waals surface area (Å²) in [5.74, 6) is 0.138. The Bertz CT molecular complexity index is 702. The first kappa shape index (κ1) is 11.7.